The van der Waals surface area contributed by atoms with Crippen LogP contribution in [0.3, 0.4) is 0 Å². The van der Waals surface area contributed by atoms with Gasteiger partial charge in [-0.05, 0) is 31.4 Å². The summed E-state index contributed by atoms with van der Waals surface area (Å²) in [5.74, 6) is 1.82. The Kier molecular flexibility index (Phi) is 7.16. The van der Waals surface area contributed by atoms with Gasteiger partial charge < -0.3 is 30.4 Å². The van der Waals surface area contributed by atoms with Gasteiger partial charge in [-0.3, -0.25) is 4.79 Å². The van der Waals surface area contributed by atoms with Gasteiger partial charge in [0.25, 0.3) is 0 Å². The summed E-state index contributed by atoms with van der Waals surface area (Å²) in [6, 6.07) is 5.34. The Bertz CT molecular complexity index is 586. The van der Waals surface area contributed by atoms with E-state index in [9.17, 15) is 9.90 Å². The molecule has 4 N–H and O–H groups in total. The number of nitrogens with two attached hydrogens (primary N) is 1. The van der Waals surface area contributed by atoms with Crippen molar-refractivity contribution in [2.24, 2.45) is 11.7 Å². The van der Waals surface area contributed by atoms with Crippen LogP contribution in [-0.4, -0.2) is 43.1 Å². The summed E-state index contributed by atoms with van der Waals surface area (Å²) >= 11 is 0. The van der Waals surface area contributed by atoms with E-state index in [2.05, 4.69) is 5.32 Å². The molecule has 1 aliphatic heterocycles. The summed E-state index contributed by atoms with van der Waals surface area (Å²) in [6.45, 7) is 0.456. The lowest BCUT2D eigenvalue weighted by molar-refractivity contribution is -0.126. The summed E-state index contributed by atoms with van der Waals surface area (Å²) in [7, 11) is 0. The third-order valence-corrected chi connectivity index (χ3v) is 4.38. The number of aliphatic hydroxyl groups excluding tert-OH is 1. The number of benzene rings is 1. The largest absolute Gasteiger partial charge is 0.491 e. The minimum absolute atomic E-state index is 0. The van der Waals surface area contributed by atoms with Gasteiger partial charge in [-0.1, -0.05) is 6.42 Å². The van der Waals surface area contributed by atoms with Gasteiger partial charge in [0.2, 0.25) is 12.7 Å². The molecule has 25 heavy (non-hydrogen) atoms. The van der Waals surface area contributed by atoms with E-state index in [1.165, 1.54) is 0 Å². The fourth-order valence-electron chi connectivity index (χ4n) is 3.05. The van der Waals surface area contributed by atoms with Crippen LogP contribution in [0.25, 0.3) is 0 Å². The quantitative estimate of drug-likeness (QED) is 0.693. The van der Waals surface area contributed by atoms with E-state index in [-0.39, 0.29) is 50.2 Å². The van der Waals surface area contributed by atoms with Crippen molar-refractivity contribution >= 4 is 18.3 Å². The average Bonchev–Trinajstić information content (AvgIpc) is 3.05. The number of hydrogen-bond acceptors (Lipinski definition) is 6. The lowest BCUT2D eigenvalue weighted by Crippen LogP contribution is -2.41. The second-order valence-corrected chi connectivity index (χ2v) is 6.35. The second-order valence-electron chi connectivity index (χ2n) is 6.35. The molecule has 1 heterocycles. The molecule has 7 nitrogen and oxygen atoms in total. The summed E-state index contributed by atoms with van der Waals surface area (Å²) < 4.78 is 16.0. The van der Waals surface area contributed by atoms with Gasteiger partial charge in [0.05, 0.1) is 0 Å². The van der Waals surface area contributed by atoms with Crippen molar-refractivity contribution < 1.29 is 24.1 Å². The molecule has 1 saturated carbocycles. The standard InChI is InChI=1S/C17H24N2O5.ClH/c18-12-3-1-2-11(6-12)17(21)19-8-13(20)9-22-14-4-5-15-16(7-14)24-10-23-15;/h4-5,7,11-13,20H,1-3,6,8-10,18H2,(H,19,21);1H. The van der Waals surface area contributed by atoms with Crippen LogP contribution in [0.15, 0.2) is 18.2 Å². The normalized spacial score (nSPS) is 22.6. The lowest BCUT2D eigenvalue weighted by atomic mass is 9.85. The molecule has 140 valence electrons. The molecule has 0 bridgehead atoms. The molecule has 1 aliphatic carbocycles. The maximum absolute atomic E-state index is 12.1. The Morgan fingerprint density at radius 3 is 2.96 bits per heavy atom. The Morgan fingerprint density at radius 1 is 1.36 bits per heavy atom. The molecule has 2 aliphatic rings. The number of hydrogen-bond donors (Lipinski definition) is 3. The molecule has 3 atom stereocenters. The van der Waals surface area contributed by atoms with Crippen molar-refractivity contribution in [2.75, 3.05) is 19.9 Å². The van der Waals surface area contributed by atoms with Crippen LogP contribution in [0.5, 0.6) is 17.2 Å². The topological polar surface area (TPSA) is 103 Å². The van der Waals surface area contributed by atoms with Crippen LogP contribution in [0.1, 0.15) is 25.7 Å². The van der Waals surface area contributed by atoms with Gasteiger partial charge in [-0.25, -0.2) is 0 Å². The Morgan fingerprint density at radius 2 is 2.16 bits per heavy atom. The van der Waals surface area contributed by atoms with Crippen LogP contribution in [0.4, 0.5) is 0 Å². The highest BCUT2D eigenvalue weighted by atomic mass is 35.5. The van der Waals surface area contributed by atoms with E-state index in [1.807, 2.05) is 0 Å². The third kappa shape index (κ3) is 5.39. The molecule has 3 rings (SSSR count). The number of carbonyl (C=O) groups excluding carboxylic acids is 1. The number of nitrogens with one attached hydrogen (secondary N) is 1. The van der Waals surface area contributed by atoms with Crippen molar-refractivity contribution in [1.82, 2.24) is 5.32 Å². The van der Waals surface area contributed by atoms with E-state index in [0.29, 0.717) is 17.2 Å². The molecule has 3 unspecified atom stereocenters. The van der Waals surface area contributed by atoms with Crippen molar-refractivity contribution in [2.45, 2.75) is 37.8 Å². The van der Waals surface area contributed by atoms with Gasteiger partial charge in [0.15, 0.2) is 11.5 Å². The van der Waals surface area contributed by atoms with E-state index in [1.54, 1.807) is 18.2 Å². The van der Waals surface area contributed by atoms with Gasteiger partial charge in [-0.2, -0.15) is 0 Å². The van der Waals surface area contributed by atoms with E-state index in [4.69, 9.17) is 19.9 Å². The highest BCUT2D eigenvalue weighted by molar-refractivity contribution is 5.85. The van der Waals surface area contributed by atoms with Crippen LogP contribution in [-0.2, 0) is 4.79 Å². The molecular formula is C17H25ClN2O5. The Balaban J connectivity index is 0.00000225. The predicted molar refractivity (Wildman–Crippen MR) is 94.3 cm³/mol. The zero-order valence-corrected chi connectivity index (χ0v) is 14.8. The summed E-state index contributed by atoms with van der Waals surface area (Å²) in [5.41, 5.74) is 5.90. The van der Waals surface area contributed by atoms with Crippen molar-refractivity contribution in [3.05, 3.63) is 18.2 Å². The molecule has 1 aromatic rings. The van der Waals surface area contributed by atoms with Crippen LogP contribution < -0.4 is 25.3 Å². The number of halogens is 1. The van der Waals surface area contributed by atoms with Crippen molar-refractivity contribution in [1.29, 1.82) is 0 Å². The minimum Gasteiger partial charge on any atom is -0.491 e. The molecule has 1 amide bonds. The monoisotopic (exact) mass is 372 g/mol. The number of fused-ring (bicyclic) bond motifs is 1. The van der Waals surface area contributed by atoms with E-state index in [0.717, 1.165) is 25.7 Å². The summed E-state index contributed by atoms with van der Waals surface area (Å²) in [5, 5.41) is 12.8. The fourth-order valence-corrected chi connectivity index (χ4v) is 3.05. The van der Waals surface area contributed by atoms with Crippen LogP contribution in [0, 0.1) is 5.92 Å². The molecule has 0 aromatic heterocycles. The first kappa shape index (κ1) is 19.6. The number of amides is 1. The van der Waals surface area contributed by atoms with Gasteiger partial charge in [-0.15, -0.1) is 12.4 Å². The van der Waals surface area contributed by atoms with Crippen LogP contribution >= 0.6 is 12.4 Å². The average molecular weight is 373 g/mol. The fraction of sp³-hybridized carbons (Fsp3) is 0.588. The molecular weight excluding hydrogens is 348 g/mol. The van der Waals surface area contributed by atoms with E-state index < -0.39 is 6.10 Å². The third-order valence-electron chi connectivity index (χ3n) is 4.38. The van der Waals surface area contributed by atoms with Crippen molar-refractivity contribution in [3.8, 4) is 17.2 Å². The summed E-state index contributed by atoms with van der Waals surface area (Å²) in [4.78, 5) is 12.1. The SMILES string of the molecule is Cl.NC1CCCC(C(=O)NCC(O)COc2ccc3c(c2)OCO3)C1. The molecule has 0 spiro atoms. The highest BCUT2D eigenvalue weighted by Gasteiger charge is 2.25. The molecule has 1 aromatic carbocycles. The van der Waals surface area contributed by atoms with Crippen molar-refractivity contribution in [3.63, 3.8) is 0 Å². The molecule has 8 heteroatoms. The first-order valence-corrected chi connectivity index (χ1v) is 8.35. The van der Waals surface area contributed by atoms with E-state index >= 15 is 0 Å². The second kappa shape index (κ2) is 9.12. The number of rotatable bonds is 6. The van der Waals surface area contributed by atoms with Gasteiger partial charge in [0.1, 0.15) is 18.5 Å². The summed E-state index contributed by atoms with van der Waals surface area (Å²) in [6.07, 6.45) is 2.76. The zero-order chi connectivity index (χ0) is 16.9. The Hall–Kier alpha value is -1.70. The van der Waals surface area contributed by atoms with Gasteiger partial charge in [0, 0.05) is 24.6 Å². The predicted octanol–water partition coefficient (Wildman–Crippen LogP) is 1.21. The number of aliphatic hydroxyl groups is 1. The van der Waals surface area contributed by atoms with Gasteiger partial charge >= 0.3 is 0 Å². The first-order valence-electron chi connectivity index (χ1n) is 8.35. The van der Waals surface area contributed by atoms with Crippen LogP contribution in [0.2, 0.25) is 0 Å². The molecule has 1 fully saturated rings. The molecule has 0 radical (unpaired) electrons. The maximum atomic E-state index is 12.1. The number of ether oxygens (including phenoxy) is 3. The Labute approximate surface area is 153 Å². The lowest BCUT2D eigenvalue weighted by Gasteiger charge is -2.26. The number of carbonyl (C=O) groups is 1. The maximum Gasteiger partial charge on any atom is 0.231 e. The molecule has 0 saturated heterocycles. The first-order chi connectivity index (χ1) is 11.6. The smallest absolute Gasteiger partial charge is 0.231 e. The zero-order valence-electron chi connectivity index (χ0n) is 14.0. The highest BCUT2D eigenvalue weighted by Crippen LogP contribution is 2.35. The minimum atomic E-state index is -0.781.